The zero-order chi connectivity index (χ0) is 22.2. The fourth-order valence-corrected chi connectivity index (χ4v) is 6.12. The van der Waals surface area contributed by atoms with E-state index in [9.17, 15) is 4.79 Å². The first-order valence-electron chi connectivity index (χ1n) is 11.1. The van der Waals surface area contributed by atoms with Crippen LogP contribution in [0.4, 0.5) is 0 Å². The Bertz CT molecular complexity index is 617. The third kappa shape index (κ3) is 9.43. The maximum Gasteiger partial charge on any atom is 0.543 e. The van der Waals surface area contributed by atoms with E-state index in [2.05, 4.69) is 6.92 Å². The van der Waals surface area contributed by atoms with Crippen molar-refractivity contribution in [3.63, 3.8) is 0 Å². The van der Waals surface area contributed by atoms with Gasteiger partial charge in [-0.05, 0) is 57.4 Å². The summed E-state index contributed by atoms with van der Waals surface area (Å²) >= 11 is 0. The zero-order valence-corrected chi connectivity index (χ0v) is 19.9. The quantitative estimate of drug-likeness (QED) is 0.197. The molecule has 1 unspecified atom stereocenters. The highest BCUT2D eigenvalue weighted by Crippen LogP contribution is 2.26. The summed E-state index contributed by atoms with van der Waals surface area (Å²) in [5, 5.41) is 8.87. The molecule has 0 aliphatic rings. The fraction of sp³-hybridized carbons (Fsp3) is 0.609. The molecule has 30 heavy (non-hydrogen) atoms. The Hall–Kier alpha value is -1.67. The smallest absolute Gasteiger partial charge is 0.486 e. The normalized spacial score (nSPS) is 12.9. The van der Waals surface area contributed by atoms with Gasteiger partial charge in [-0.2, -0.15) is 0 Å². The average Bonchev–Trinajstić information content (AvgIpc) is 2.72. The van der Waals surface area contributed by atoms with E-state index >= 15 is 0 Å². The summed E-state index contributed by atoms with van der Waals surface area (Å²) in [6, 6.07) is 7.38. The third-order valence-corrected chi connectivity index (χ3v) is 7.82. The Morgan fingerprint density at radius 1 is 1.00 bits per heavy atom. The van der Waals surface area contributed by atoms with Crippen LogP contribution >= 0.6 is 0 Å². The lowest BCUT2D eigenvalue weighted by atomic mass is 10.1. The summed E-state index contributed by atoms with van der Waals surface area (Å²) in [5.41, 5.74) is 0.436. The van der Waals surface area contributed by atoms with Crippen molar-refractivity contribution < 1.29 is 27.9 Å². The molecule has 6 nitrogen and oxygen atoms in total. The van der Waals surface area contributed by atoms with E-state index in [4.69, 9.17) is 23.1 Å². The highest BCUT2D eigenvalue weighted by molar-refractivity contribution is 6.62. The zero-order valence-electron chi connectivity index (χ0n) is 18.9. The minimum absolute atomic E-state index is 0.322. The van der Waals surface area contributed by atoms with E-state index in [1.165, 1.54) is 19.3 Å². The minimum atomic E-state index is -3.06. The number of rotatable bonds is 17. The number of benzene rings is 1. The molecule has 7 heteroatoms. The monoisotopic (exact) mass is 438 g/mol. The van der Waals surface area contributed by atoms with E-state index in [0.717, 1.165) is 30.9 Å². The van der Waals surface area contributed by atoms with Gasteiger partial charge < -0.3 is 23.1 Å². The fourth-order valence-electron chi connectivity index (χ4n) is 3.27. The Balaban J connectivity index is 3.09. The van der Waals surface area contributed by atoms with Crippen molar-refractivity contribution in [3.8, 4) is 5.75 Å². The molecule has 1 aromatic rings. The van der Waals surface area contributed by atoms with Crippen molar-refractivity contribution in [1.82, 2.24) is 0 Å². The van der Waals surface area contributed by atoms with Crippen LogP contribution in [-0.2, 0) is 18.1 Å². The maximum atomic E-state index is 10.8. The second-order valence-electron chi connectivity index (χ2n) is 6.96. The van der Waals surface area contributed by atoms with Crippen molar-refractivity contribution >= 4 is 20.8 Å². The topological polar surface area (TPSA) is 74.2 Å². The van der Waals surface area contributed by atoms with Crippen molar-refractivity contribution in [2.24, 2.45) is 0 Å². The van der Waals surface area contributed by atoms with E-state index in [-0.39, 0.29) is 5.73 Å². The first kappa shape index (κ1) is 26.4. The van der Waals surface area contributed by atoms with Crippen LogP contribution in [0, 0.1) is 0 Å². The van der Waals surface area contributed by atoms with Gasteiger partial charge in [-0.15, -0.1) is 0 Å². The third-order valence-electron chi connectivity index (χ3n) is 4.56. The van der Waals surface area contributed by atoms with Crippen LogP contribution in [-0.4, -0.2) is 45.4 Å². The number of carboxylic acid groups (broad SMARTS) is 1. The highest BCUT2D eigenvalue weighted by Gasteiger charge is 2.51. The van der Waals surface area contributed by atoms with Crippen molar-refractivity contribution in [3.05, 3.63) is 35.9 Å². The van der Waals surface area contributed by atoms with Gasteiger partial charge in [-0.25, -0.2) is 4.79 Å². The number of unbranched alkanes of at least 4 members (excludes halogenated alkanes) is 4. The summed E-state index contributed by atoms with van der Waals surface area (Å²) in [4.78, 5) is 10.8. The largest absolute Gasteiger partial charge is 0.543 e. The first-order chi connectivity index (χ1) is 14.5. The van der Waals surface area contributed by atoms with Crippen LogP contribution in [0.2, 0.25) is 0 Å². The summed E-state index contributed by atoms with van der Waals surface area (Å²) in [7, 11) is -3.06. The van der Waals surface area contributed by atoms with Gasteiger partial charge in [0.25, 0.3) is 0 Å². The molecule has 0 aromatic heterocycles. The van der Waals surface area contributed by atoms with Gasteiger partial charge in [-0.1, -0.05) is 44.7 Å². The number of hydrogen-bond donors (Lipinski definition) is 1. The molecule has 0 bridgehead atoms. The van der Waals surface area contributed by atoms with Gasteiger partial charge in [-0.3, -0.25) is 0 Å². The summed E-state index contributed by atoms with van der Waals surface area (Å²) in [6.07, 6.45) is 9.21. The molecular weight excluding hydrogens is 400 g/mol. The predicted octanol–water partition coefficient (Wildman–Crippen LogP) is 5.48. The molecular formula is C23H38O6Si. The summed E-state index contributed by atoms with van der Waals surface area (Å²) in [6.45, 7) is 9.49. The molecule has 0 aliphatic carbocycles. The number of carboxylic acids is 1. The van der Waals surface area contributed by atoms with Gasteiger partial charge in [0, 0.05) is 25.9 Å². The van der Waals surface area contributed by atoms with E-state index < -0.39 is 14.8 Å². The van der Waals surface area contributed by atoms with Crippen LogP contribution < -0.4 is 4.74 Å². The van der Waals surface area contributed by atoms with Crippen LogP contribution in [0.15, 0.2) is 30.3 Å². The SMILES string of the molecule is CCCCCCCC(Oc1cccc(/C=C/C(=O)O)c1)[Si](OCC)(OCC)OCC. The highest BCUT2D eigenvalue weighted by atomic mass is 28.4. The van der Waals surface area contributed by atoms with E-state index in [0.29, 0.717) is 25.6 Å². The lowest BCUT2D eigenvalue weighted by Gasteiger charge is -2.35. The van der Waals surface area contributed by atoms with Gasteiger partial charge >= 0.3 is 14.8 Å². The molecule has 1 N–H and O–H groups in total. The van der Waals surface area contributed by atoms with Crippen LogP contribution in [0.1, 0.15) is 71.8 Å². The average molecular weight is 439 g/mol. The van der Waals surface area contributed by atoms with E-state index in [1.807, 2.05) is 45.0 Å². The van der Waals surface area contributed by atoms with Crippen LogP contribution in [0.3, 0.4) is 0 Å². The Labute approximate surface area is 182 Å². The second kappa shape index (κ2) is 15.2. The molecule has 0 saturated heterocycles. The minimum Gasteiger partial charge on any atom is -0.486 e. The van der Waals surface area contributed by atoms with Crippen molar-refractivity contribution in [1.29, 1.82) is 0 Å². The summed E-state index contributed by atoms with van der Waals surface area (Å²) in [5.74, 6) is -0.334. The maximum absolute atomic E-state index is 10.8. The van der Waals surface area contributed by atoms with Gasteiger partial charge in [0.2, 0.25) is 0 Å². The standard InChI is InChI=1S/C23H38O6Si/c1-5-9-10-11-12-16-23(30(26-6-2,27-7-3)28-8-4)29-21-15-13-14-20(19-21)17-18-22(24)25/h13-15,17-19,23H,5-12,16H2,1-4H3,(H,24,25)/b18-17+. The van der Waals surface area contributed by atoms with Gasteiger partial charge in [0.15, 0.2) is 5.73 Å². The Kier molecular flexibility index (Phi) is 13.3. The van der Waals surface area contributed by atoms with Gasteiger partial charge in [0.1, 0.15) is 5.75 Å². The lowest BCUT2D eigenvalue weighted by molar-refractivity contribution is -0.131. The number of hydrogen-bond acceptors (Lipinski definition) is 5. The van der Waals surface area contributed by atoms with Crippen LogP contribution in [0.5, 0.6) is 5.75 Å². The molecule has 0 spiro atoms. The molecule has 0 saturated carbocycles. The molecule has 1 atom stereocenters. The number of aliphatic carboxylic acids is 1. The van der Waals surface area contributed by atoms with Crippen molar-refractivity contribution in [2.45, 2.75) is 71.9 Å². The van der Waals surface area contributed by atoms with Crippen LogP contribution in [0.25, 0.3) is 6.08 Å². The molecule has 170 valence electrons. The Morgan fingerprint density at radius 3 is 2.20 bits per heavy atom. The second-order valence-corrected chi connectivity index (χ2v) is 9.67. The van der Waals surface area contributed by atoms with Crippen molar-refractivity contribution in [2.75, 3.05) is 19.8 Å². The van der Waals surface area contributed by atoms with E-state index in [1.54, 1.807) is 6.08 Å². The molecule has 1 rings (SSSR count). The number of carbonyl (C=O) groups is 1. The van der Waals surface area contributed by atoms with Gasteiger partial charge in [0.05, 0.1) is 0 Å². The molecule has 1 aromatic carbocycles. The first-order valence-corrected chi connectivity index (χ1v) is 12.9. The Morgan fingerprint density at radius 2 is 1.63 bits per heavy atom. The predicted molar refractivity (Wildman–Crippen MR) is 122 cm³/mol. The molecule has 0 heterocycles. The number of ether oxygens (including phenoxy) is 1. The molecule has 0 aliphatic heterocycles. The summed E-state index contributed by atoms with van der Waals surface area (Å²) < 4.78 is 24.7. The molecule has 0 fully saturated rings. The molecule has 0 amide bonds. The molecule has 0 radical (unpaired) electrons. The lowest BCUT2D eigenvalue weighted by Crippen LogP contribution is -2.59.